The minimum atomic E-state index is -0.325. The van der Waals surface area contributed by atoms with Crippen LogP contribution in [0.15, 0.2) is 30.5 Å². The Kier molecular flexibility index (Phi) is 3.15. The standard InChI is InChI=1S/C13H16N2O2/c1-15-8-10(11(14)7-13(16)17-2)9-5-3-4-6-12(9)15/h3-6,8,11H,7,14H2,1-2H3/t11-/m1/s1. The summed E-state index contributed by atoms with van der Waals surface area (Å²) in [6, 6.07) is 7.67. The molecule has 1 aromatic heterocycles. The minimum absolute atomic E-state index is 0.199. The molecule has 1 heterocycles. The highest BCUT2D eigenvalue weighted by atomic mass is 16.5. The normalized spacial score (nSPS) is 12.6. The SMILES string of the molecule is COC(=O)C[C@@H](N)c1cn(C)c2ccccc12. The molecule has 0 spiro atoms. The van der Waals surface area contributed by atoms with Gasteiger partial charge in [0.1, 0.15) is 0 Å². The molecule has 17 heavy (non-hydrogen) atoms. The Bertz CT molecular complexity index is 545. The molecule has 0 unspecified atom stereocenters. The maximum Gasteiger partial charge on any atom is 0.307 e. The van der Waals surface area contributed by atoms with Crippen molar-refractivity contribution in [3.8, 4) is 0 Å². The number of nitrogens with two attached hydrogens (primary N) is 1. The van der Waals surface area contributed by atoms with E-state index in [9.17, 15) is 4.79 Å². The molecule has 0 bridgehead atoms. The van der Waals surface area contributed by atoms with Crippen molar-refractivity contribution in [1.29, 1.82) is 0 Å². The van der Waals surface area contributed by atoms with Gasteiger partial charge in [0.05, 0.1) is 13.5 Å². The van der Waals surface area contributed by atoms with Gasteiger partial charge >= 0.3 is 5.97 Å². The minimum Gasteiger partial charge on any atom is -0.469 e. The predicted octanol–water partition coefficient (Wildman–Crippen LogP) is 1.74. The van der Waals surface area contributed by atoms with Crippen LogP contribution in [-0.2, 0) is 16.6 Å². The van der Waals surface area contributed by atoms with Gasteiger partial charge in [-0.3, -0.25) is 4.79 Å². The van der Waals surface area contributed by atoms with Crippen LogP contribution in [0.2, 0.25) is 0 Å². The lowest BCUT2D eigenvalue weighted by Crippen LogP contribution is -2.16. The van der Waals surface area contributed by atoms with Crippen LogP contribution in [0, 0.1) is 0 Å². The Balaban J connectivity index is 2.38. The number of carbonyl (C=O) groups excluding carboxylic acids is 1. The number of fused-ring (bicyclic) bond motifs is 1. The van der Waals surface area contributed by atoms with Gasteiger partial charge < -0.3 is 15.0 Å². The van der Waals surface area contributed by atoms with E-state index in [-0.39, 0.29) is 18.4 Å². The second kappa shape index (κ2) is 4.59. The van der Waals surface area contributed by atoms with Crippen LogP contribution in [0.1, 0.15) is 18.0 Å². The molecule has 0 fully saturated rings. The highest BCUT2D eigenvalue weighted by Gasteiger charge is 2.16. The Hall–Kier alpha value is -1.81. The molecule has 2 rings (SSSR count). The lowest BCUT2D eigenvalue weighted by atomic mass is 10.0. The quantitative estimate of drug-likeness (QED) is 0.820. The first-order valence-corrected chi connectivity index (χ1v) is 5.50. The topological polar surface area (TPSA) is 57.2 Å². The van der Waals surface area contributed by atoms with Crippen LogP contribution in [0.3, 0.4) is 0 Å². The summed E-state index contributed by atoms with van der Waals surface area (Å²) in [5.41, 5.74) is 8.13. The van der Waals surface area contributed by atoms with Crippen molar-refractivity contribution >= 4 is 16.9 Å². The van der Waals surface area contributed by atoms with Crippen molar-refractivity contribution in [3.05, 3.63) is 36.0 Å². The number of methoxy groups -OCH3 is 1. The maximum atomic E-state index is 11.2. The molecule has 0 aliphatic rings. The lowest BCUT2D eigenvalue weighted by Gasteiger charge is -2.08. The summed E-state index contributed by atoms with van der Waals surface area (Å²) in [5.74, 6) is -0.287. The van der Waals surface area contributed by atoms with E-state index >= 15 is 0 Å². The molecule has 0 aliphatic carbocycles. The van der Waals surface area contributed by atoms with Gasteiger partial charge in [0, 0.05) is 30.2 Å². The maximum absolute atomic E-state index is 11.2. The molecule has 0 amide bonds. The second-order valence-electron chi connectivity index (χ2n) is 4.10. The van der Waals surface area contributed by atoms with E-state index < -0.39 is 0 Å². The zero-order valence-corrected chi connectivity index (χ0v) is 10.0. The molecule has 0 aliphatic heterocycles. The first-order valence-electron chi connectivity index (χ1n) is 5.50. The summed E-state index contributed by atoms with van der Waals surface area (Å²) < 4.78 is 6.65. The largest absolute Gasteiger partial charge is 0.469 e. The third-order valence-corrected chi connectivity index (χ3v) is 2.94. The number of aryl methyl sites for hydroxylation is 1. The fraction of sp³-hybridized carbons (Fsp3) is 0.308. The number of ether oxygens (including phenoxy) is 1. The number of rotatable bonds is 3. The summed E-state index contributed by atoms with van der Waals surface area (Å²) in [6.45, 7) is 0. The highest BCUT2D eigenvalue weighted by Crippen LogP contribution is 2.26. The third kappa shape index (κ3) is 2.17. The molecule has 4 heteroatoms. The molecule has 2 N–H and O–H groups in total. The molecule has 0 saturated carbocycles. The van der Waals surface area contributed by atoms with Gasteiger partial charge in [0.15, 0.2) is 0 Å². The average Bonchev–Trinajstić information content (AvgIpc) is 2.67. The van der Waals surface area contributed by atoms with Gasteiger partial charge in [-0.15, -0.1) is 0 Å². The number of hydrogen-bond donors (Lipinski definition) is 1. The van der Waals surface area contributed by atoms with E-state index in [1.165, 1.54) is 7.11 Å². The Morgan fingerprint density at radius 3 is 2.88 bits per heavy atom. The van der Waals surface area contributed by atoms with Gasteiger partial charge in [0.25, 0.3) is 0 Å². The van der Waals surface area contributed by atoms with Crippen LogP contribution in [0.4, 0.5) is 0 Å². The van der Waals surface area contributed by atoms with E-state index in [1.807, 2.05) is 42.1 Å². The van der Waals surface area contributed by atoms with Gasteiger partial charge in [0.2, 0.25) is 0 Å². The predicted molar refractivity (Wildman–Crippen MR) is 66.5 cm³/mol. The van der Waals surface area contributed by atoms with E-state index in [4.69, 9.17) is 5.73 Å². The molecule has 0 saturated heterocycles. The number of aromatic nitrogens is 1. The van der Waals surface area contributed by atoms with E-state index in [2.05, 4.69) is 4.74 Å². The summed E-state index contributed by atoms with van der Waals surface area (Å²) in [4.78, 5) is 11.2. The Morgan fingerprint density at radius 1 is 1.47 bits per heavy atom. The summed E-state index contributed by atoms with van der Waals surface area (Å²) >= 11 is 0. The Labute approximate surface area is 100.0 Å². The van der Waals surface area contributed by atoms with Gasteiger partial charge in [-0.2, -0.15) is 0 Å². The molecule has 1 aromatic carbocycles. The molecule has 90 valence electrons. The van der Waals surface area contributed by atoms with Crippen molar-refractivity contribution in [3.63, 3.8) is 0 Å². The first-order chi connectivity index (χ1) is 8.13. The van der Waals surface area contributed by atoms with Gasteiger partial charge in [-0.05, 0) is 11.6 Å². The number of nitrogens with zero attached hydrogens (tertiary/aromatic N) is 1. The summed E-state index contributed by atoms with van der Waals surface area (Å²) in [5, 5.41) is 1.09. The molecule has 4 nitrogen and oxygen atoms in total. The van der Waals surface area contributed by atoms with Crippen molar-refractivity contribution in [2.45, 2.75) is 12.5 Å². The number of para-hydroxylation sites is 1. The van der Waals surface area contributed by atoms with Crippen LogP contribution >= 0.6 is 0 Å². The van der Waals surface area contributed by atoms with Gasteiger partial charge in [-0.25, -0.2) is 0 Å². The Morgan fingerprint density at radius 2 is 2.18 bits per heavy atom. The van der Waals surface area contributed by atoms with Crippen molar-refractivity contribution in [1.82, 2.24) is 4.57 Å². The fourth-order valence-corrected chi connectivity index (χ4v) is 2.04. The number of carbonyl (C=O) groups is 1. The number of hydrogen-bond acceptors (Lipinski definition) is 3. The smallest absolute Gasteiger partial charge is 0.307 e. The summed E-state index contributed by atoms with van der Waals surface area (Å²) in [7, 11) is 3.34. The molecular weight excluding hydrogens is 216 g/mol. The van der Waals surface area contributed by atoms with Crippen molar-refractivity contribution in [2.75, 3.05) is 7.11 Å². The van der Waals surface area contributed by atoms with E-state index in [1.54, 1.807) is 0 Å². The molecular formula is C13H16N2O2. The zero-order valence-electron chi connectivity index (χ0n) is 10.0. The fourth-order valence-electron chi connectivity index (χ4n) is 2.04. The number of esters is 1. The van der Waals surface area contributed by atoms with Crippen molar-refractivity contribution < 1.29 is 9.53 Å². The van der Waals surface area contributed by atoms with E-state index in [0.29, 0.717) is 0 Å². The summed E-state index contributed by atoms with van der Waals surface area (Å²) in [6.07, 6.45) is 2.17. The second-order valence-corrected chi connectivity index (χ2v) is 4.10. The monoisotopic (exact) mass is 232 g/mol. The average molecular weight is 232 g/mol. The van der Waals surface area contributed by atoms with Crippen LogP contribution in [0.25, 0.3) is 10.9 Å². The first kappa shape index (κ1) is 11.7. The highest BCUT2D eigenvalue weighted by molar-refractivity contribution is 5.85. The third-order valence-electron chi connectivity index (χ3n) is 2.94. The molecule has 1 atom stereocenters. The van der Waals surface area contributed by atoms with Crippen LogP contribution in [-0.4, -0.2) is 17.6 Å². The zero-order chi connectivity index (χ0) is 12.4. The van der Waals surface area contributed by atoms with Crippen LogP contribution < -0.4 is 5.73 Å². The molecule has 0 radical (unpaired) electrons. The lowest BCUT2D eigenvalue weighted by molar-refractivity contribution is -0.141. The van der Waals surface area contributed by atoms with Crippen molar-refractivity contribution in [2.24, 2.45) is 12.8 Å². The van der Waals surface area contributed by atoms with E-state index in [0.717, 1.165) is 16.5 Å². The number of benzene rings is 1. The molecule has 2 aromatic rings. The van der Waals surface area contributed by atoms with Crippen LogP contribution in [0.5, 0.6) is 0 Å². The van der Waals surface area contributed by atoms with Gasteiger partial charge in [-0.1, -0.05) is 18.2 Å².